The average molecular weight is 327 g/mol. The summed E-state index contributed by atoms with van der Waals surface area (Å²) in [4.78, 5) is 25.0. The van der Waals surface area contributed by atoms with Crippen LogP contribution in [0.4, 0.5) is 8.78 Å². The summed E-state index contributed by atoms with van der Waals surface area (Å²) in [6.07, 6.45) is -1.62. The zero-order valence-electron chi connectivity index (χ0n) is 12.6. The van der Waals surface area contributed by atoms with E-state index in [2.05, 4.69) is 0 Å². The van der Waals surface area contributed by atoms with Gasteiger partial charge >= 0.3 is 5.97 Å². The second-order valence-electron chi connectivity index (χ2n) is 5.41. The lowest BCUT2D eigenvalue weighted by atomic mass is 10.0. The molecule has 0 bridgehead atoms. The summed E-state index contributed by atoms with van der Waals surface area (Å²) in [6.45, 7) is 1.05. The largest absolute Gasteiger partial charge is 0.481 e. The van der Waals surface area contributed by atoms with Gasteiger partial charge in [0.25, 0.3) is 12.3 Å². The standard InChI is InChI=1S/C16H19F2NO4/c17-15(18)11-2-1-3-12(10-11)16(22)19(7-4-14(20)21)13-5-8-23-9-6-13/h1-3,10,13,15H,4-9H2,(H,20,21). The van der Waals surface area contributed by atoms with Crippen molar-refractivity contribution >= 4 is 11.9 Å². The van der Waals surface area contributed by atoms with E-state index < -0.39 is 18.3 Å². The summed E-state index contributed by atoms with van der Waals surface area (Å²) in [6, 6.07) is 5.18. The van der Waals surface area contributed by atoms with E-state index in [9.17, 15) is 18.4 Å². The van der Waals surface area contributed by atoms with Gasteiger partial charge < -0.3 is 14.7 Å². The molecular weight excluding hydrogens is 308 g/mol. The van der Waals surface area contributed by atoms with Crippen molar-refractivity contribution in [1.29, 1.82) is 0 Å². The quantitative estimate of drug-likeness (QED) is 0.872. The number of hydrogen-bond acceptors (Lipinski definition) is 3. The number of aliphatic carboxylic acids is 1. The molecule has 0 aliphatic carbocycles. The molecule has 1 amide bonds. The minimum Gasteiger partial charge on any atom is -0.481 e. The highest BCUT2D eigenvalue weighted by Gasteiger charge is 2.27. The maximum atomic E-state index is 12.8. The molecule has 23 heavy (non-hydrogen) atoms. The molecule has 1 aromatic rings. The number of rotatable bonds is 6. The smallest absolute Gasteiger partial charge is 0.305 e. The third-order valence-corrected chi connectivity index (χ3v) is 3.84. The van der Waals surface area contributed by atoms with Crippen LogP contribution in [-0.4, -0.2) is 47.7 Å². The van der Waals surface area contributed by atoms with Gasteiger partial charge in [-0.25, -0.2) is 8.78 Å². The molecule has 0 aromatic heterocycles. The Morgan fingerprint density at radius 2 is 2.00 bits per heavy atom. The zero-order chi connectivity index (χ0) is 16.8. The fraction of sp³-hybridized carbons (Fsp3) is 0.500. The number of carbonyl (C=O) groups excluding carboxylic acids is 1. The van der Waals surface area contributed by atoms with Crippen molar-refractivity contribution in [2.75, 3.05) is 19.8 Å². The molecule has 1 heterocycles. The van der Waals surface area contributed by atoms with Gasteiger partial charge in [-0.1, -0.05) is 12.1 Å². The number of amides is 1. The van der Waals surface area contributed by atoms with Crippen molar-refractivity contribution in [2.24, 2.45) is 0 Å². The molecule has 1 aliphatic heterocycles. The van der Waals surface area contributed by atoms with Gasteiger partial charge in [0, 0.05) is 36.9 Å². The lowest BCUT2D eigenvalue weighted by molar-refractivity contribution is -0.137. The molecule has 0 unspecified atom stereocenters. The molecule has 126 valence electrons. The molecule has 7 heteroatoms. The molecule has 5 nitrogen and oxygen atoms in total. The molecule has 0 atom stereocenters. The molecule has 0 saturated carbocycles. The van der Waals surface area contributed by atoms with Gasteiger partial charge in [-0.3, -0.25) is 9.59 Å². The van der Waals surface area contributed by atoms with Crippen LogP contribution >= 0.6 is 0 Å². The van der Waals surface area contributed by atoms with Crippen LogP contribution in [0.15, 0.2) is 24.3 Å². The Morgan fingerprint density at radius 3 is 2.61 bits per heavy atom. The Kier molecular flexibility index (Phi) is 6.04. The Bertz CT molecular complexity index is 559. The lowest BCUT2D eigenvalue weighted by Crippen LogP contribution is -2.44. The zero-order valence-corrected chi connectivity index (χ0v) is 12.6. The highest BCUT2D eigenvalue weighted by Crippen LogP contribution is 2.22. The summed E-state index contributed by atoms with van der Waals surface area (Å²) in [7, 11) is 0. The number of halogens is 2. The van der Waals surface area contributed by atoms with E-state index in [0.29, 0.717) is 26.1 Å². The first-order valence-corrected chi connectivity index (χ1v) is 7.47. The molecule has 1 aromatic carbocycles. The third kappa shape index (κ3) is 4.72. The van der Waals surface area contributed by atoms with Crippen LogP contribution < -0.4 is 0 Å². The van der Waals surface area contributed by atoms with E-state index in [-0.39, 0.29) is 30.1 Å². The van der Waals surface area contributed by atoms with E-state index in [4.69, 9.17) is 9.84 Å². The first-order valence-electron chi connectivity index (χ1n) is 7.47. The van der Waals surface area contributed by atoms with Crippen LogP contribution in [0.2, 0.25) is 0 Å². The summed E-state index contributed by atoms with van der Waals surface area (Å²) >= 11 is 0. The van der Waals surface area contributed by atoms with E-state index >= 15 is 0 Å². The third-order valence-electron chi connectivity index (χ3n) is 3.84. The number of alkyl halides is 2. The number of nitrogens with zero attached hydrogens (tertiary/aromatic N) is 1. The number of carboxylic acid groups (broad SMARTS) is 1. The van der Waals surface area contributed by atoms with Crippen LogP contribution in [-0.2, 0) is 9.53 Å². The van der Waals surface area contributed by atoms with E-state index in [0.717, 1.165) is 0 Å². The van der Waals surface area contributed by atoms with E-state index in [1.54, 1.807) is 0 Å². The minimum absolute atomic E-state index is 0.0533. The highest BCUT2D eigenvalue weighted by atomic mass is 19.3. The van der Waals surface area contributed by atoms with Crippen LogP contribution in [0.1, 0.15) is 41.6 Å². The van der Waals surface area contributed by atoms with Crippen molar-refractivity contribution in [3.8, 4) is 0 Å². The number of benzene rings is 1. The highest BCUT2D eigenvalue weighted by molar-refractivity contribution is 5.94. The van der Waals surface area contributed by atoms with Gasteiger partial charge in [-0.05, 0) is 25.0 Å². The maximum Gasteiger partial charge on any atom is 0.305 e. The minimum atomic E-state index is -2.65. The topological polar surface area (TPSA) is 66.8 Å². The molecular formula is C16H19F2NO4. The normalized spacial score (nSPS) is 15.6. The lowest BCUT2D eigenvalue weighted by Gasteiger charge is -2.34. The Balaban J connectivity index is 2.20. The van der Waals surface area contributed by atoms with Gasteiger partial charge in [-0.2, -0.15) is 0 Å². The Morgan fingerprint density at radius 1 is 1.30 bits per heavy atom. The van der Waals surface area contributed by atoms with Gasteiger partial charge in [0.1, 0.15) is 0 Å². The summed E-state index contributed by atoms with van der Waals surface area (Å²) in [5.74, 6) is -1.42. The van der Waals surface area contributed by atoms with Gasteiger partial charge in [0.15, 0.2) is 0 Å². The SMILES string of the molecule is O=C(O)CCN(C(=O)c1cccc(C(F)F)c1)C1CCOCC1. The first-order chi connectivity index (χ1) is 11.0. The van der Waals surface area contributed by atoms with Gasteiger partial charge in [0.2, 0.25) is 0 Å². The van der Waals surface area contributed by atoms with Crippen LogP contribution in [0.5, 0.6) is 0 Å². The predicted octanol–water partition coefficient (Wildman–Crippen LogP) is 2.72. The summed E-state index contributed by atoms with van der Waals surface area (Å²) in [5.41, 5.74) is -0.0688. The predicted molar refractivity (Wildman–Crippen MR) is 78.5 cm³/mol. The first kappa shape index (κ1) is 17.3. The van der Waals surface area contributed by atoms with Crippen molar-refractivity contribution in [2.45, 2.75) is 31.7 Å². The Labute approximate surface area is 132 Å². The van der Waals surface area contributed by atoms with Crippen molar-refractivity contribution < 1.29 is 28.2 Å². The van der Waals surface area contributed by atoms with Crippen LogP contribution in [0.25, 0.3) is 0 Å². The van der Waals surface area contributed by atoms with E-state index in [1.165, 1.54) is 29.2 Å². The van der Waals surface area contributed by atoms with Gasteiger partial charge in [0.05, 0.1) is 6.42 Å². The summed E-state index contributed by atoms with van der Waals surface area (Å²) in [5, 5.41) is 8.87. The molecule has 0 spiro atoms. The summed E-state index contributed by atoms with van der Waals surface area (Å²) < 4.78 is 30.9. The maximum absolute atomic E-state index is 12.8. The fourth-order valence-corrected chi connectivity index (χ4v) is 2.64. The van der Waals surface area contributed by atoms with Crippen molar-refractivity contribution in [3.63, 3.8) is 0 Å². The average Bonchev–Trinajstić information content (AvgIpc) is 2.55. The van der Waals surface area contributed by atoms with Crippen LogP contribution in [0.3, 0.4) is 0 Å². The van der Waals surface area contributed by atoms with Crippen LogP contribution in [0, 0.1) is 0 Å². The number of carbonyl (C=O) groups is 2. The number of carboxylic acids is 1. The molecule has 0 radical (unpaired) electrons. The molecule has 1 saturated heterocycles. The molecule has 1 aliphatic rings. The second kappa shape index (κ2) is 8.01. The fourth-order valence-electron chi connectivity index (χ4n) is 2.64. The second-order valence-corrected chi connectivity index (χ2v) is 5.41. The monoisotopic (exact) mass is 327 g/mol. The Hall–Kier alpha value is -2.02. The molecule has 1 fully saturated rings. The van der Waals surface area contributed by atoms with Gasteiger partial charge in [-0.15, -0.1) is 0 Å². The van der Waals surface area contributed by atoms with E-state index in [1.807, 2.05) is 0 Å². The molecule has 1 N–H and O–H groups in total. The number of hydrogen-bond donors (Lipinski definition) is 1. The van der Waals surface area contributed by atoms with Crippen molar-refractivity contribution in [1.82, 2.24) is 4.90 Å². The number of ether oxygens (including phenoxy) is 1. The van der Waals surface area contributed by atoms with Crippen molar-refractivity contribution in [3.05, 3.63) is 35.4 Å². The molecule has 2 rings (SSSR count).